The summed E-state index contributed by atoms with van der Waals surface area (Å²) in [6.07, 6.45) is 4.27. The van der Waals surface area contributed by atoms with Crippen molar-refractivity contribution in [1.29, 1.82) is 0 Å². The molecule has 0 fully saturated rings. The van der Waals surface area contributed by atoms with E-state index in [1.807, 2.05) is 38.1 Å². The third kappa shape index (κ3) is 2.93. The van der Waals surface area contributed by atoms with E-state index in [-0.39, 0.29) is 0 Å². The molecule has 0 radical (unpaired) electrons. The maximum Gasteiger partial charge on any atom is 0.262 e. The van der Waals surface area contributed by atoms with Crippen LogP contribution in [0.1, 0.15) is 35.3 Å². The first-order valence-electron chi connectivity index (χ1n) is 8.58. The van der Waals surface area contributed by atoms with Crippen molar-refractivity contribution in [3.05, 3.63) is 58.8 Å². The monoisotopic (exact) mass is 355 g/mol. The van der Waals surface area contributed by atoms with Gasteiger partial charge in [0.15, 0.2) is 0 Å². The van der Waals surface area contributed by atoms with Gasteiger partial charge in [0.1, 0.15) is 11.3 Å². The zero-order valence-electron chi connectivity index (χ0n) is 14.4. The SMILES string of the molecule is Cc1ccc(C)c(S(=O)(=O)Nc2ccc3oc4c(c3c2)CCCC4)c1. The van der Waals surface area contributed by atoms with Crippen LogP contribution in [0.5, 0.6) is 0 Å². The molecule has 4 rings (SSSR count). The van der Waals surface area contributed by atoms with Crippen LogP contribution in [0, 0.1) is 13.8 Å². The summed E-state index contributed by atoms with van der Waals surface area (Å²) in [6.45, 7) is 3.70. The minimum absolute atomic E-state index is 0.321. The number of furan rings is 1. The van der Waals surface area contributed by atoms with Crippen molar-refractivity contribution in [3.8, 4) is 0 Å². The van der Waals surface area contributed by atoms with Crippen molar-refractivity contribution in [1.82, 2.24) is 0 Å². The predicted octanol–water partition coefficient (Wildman–Crippen LogP) is 4.73. The lowest BCUT2D eigenvalue weighted by Gasteiger charge is -2.12. The first kappa shape index (κ1) is 16.2. The fraction of sp³-hybridized carbons (Fsp3) is 0.300. The summed E-state index contributed by atoms with van der Waals surface area (Å²) < 4.78 is 34.2. The number of benzene rings is 2. The van der Waals surface area contributed by atoms with Crippen LogP contribution in [0.3, 0.4) is 0 Å². The van der Waals surface area contributed by atoms with Crippen molar-refractivity contribution in [2.45, 2.75) is 44.4 Å². The Morgan fingerprint density at radius 2 is 1.80 bits per heavy atom. The highest BCUT2D eigenvalue weighted by Crippen LogP contribution is 2.34. The van der Waals surface area contributed by atoms with Crippen molar-refractivity contribution in [3.63, 3.8) is 0 Å². The predicted molar refractivity (Wildman–Crippen MR) is 99.6 cm³/mol. The molecule has 0 aliphatic heterocycles. The highest BCUT2D eigenvalue weighted by molar-refractivity contribution is 7.92. The van der Waals surface area contributed by atoms with Crippen LogP contribution in [0.25, 0.3) is 11.0 Å². The Morgan fingerprint density at radius 1 is 1.00 bits per heavy atom. The molecule has 0 amide bonds. The van der Waals surface area contributed by atoms with Gasteiger partial charge in [-0.05, 0) is 68.5 Å². The normalized spacial score (nSPS) is 14.5. The lowest BCUT2D eigenvalue weighted by atomic mass is 9.96. The molecule has 0 bridgehead atoms. The van der Waals surface area contributed by atoms with Crippen LogP contribution in [-0.4, -0.2) is 8.42 Å². The lowest BCUT2D eigenvalue weighted by molar-refractivity contribution is 0.506. The number of anilines is 1. The fourth-order valence-corrected chi connectivity index (χ4v) is 4.91. The van der Waals surface area contributed by atoms with E-state index in [4.69, 9.17) is 4.42 Å². The maximum absolute atomic E-state index is 12.8. The molecule has 1 aromatic heterocycles. The van der Waals surface area contributed by atoms with Gasteiger partial charge in [0, 0.05) is 23.1 Å². The number of nitrogens with one attached hydrogen (secondary N) is 1. The molecule has 1 aliphatic carbocycles. The number of aryl methyl sites for hydroxylation is 4. The number of sulfonamides is 1. The topological polar surface area (TPSA) is 59.3 Å². The molecule has 2 aromatic carbocycles. The Bertz CT molecular complexity index is 1060. The smallest absolute Gasteiger partial charge is 0.262 e. The summed E-state index contributed by atoms with van der Waals surface area (Å²) in [6, 6.07) is 11.0. The summed E-state index contributed by atoms with van der Waals surface area (Å²) in [7, 11) is -3.62. The molecule has 5 heteroatoms. The van der Waals surface area contributed by atoms with E-state index in [0.717, 1.165) is 53.5 Å². The van der Waals surface area contributed by atoms with E-state index in [0.29, 0.717) is 10.6 Å². The average Bonchev–Trinajstić information content (AvgIpc) is 2.95. The van der Waals surface area contributed by atoms with Gasteiger partial charge < -0.3 is 4.42 Å². The molecule has 4 nitrogen and oxygen atoms in total. The Labute approximate surface area is 147 Å². The molecule has 1 aliphatic rings. The summed E-state index contributed by atoms with van der Waals surface area (Å²) in [5, 5.41) is 1.02. The summed E-state index contributed by atoms with van der Waals surface area (Å²) in [5.74, 6) is 1.05. The molecule has 0 unspecified atom stereocenters. The zero-order valence-corrected chi connectivity index (χ0v) is 15.2. The van der Waals surface area contributed by atoms with Gasteiger partial charge in [-0.15, -0.1) is 0 Å². The zero-order chi connectivity index (χ0) is 17.6. The minimum atomic E-state index is -3.62. The van der Waals surface area contributed by atoms with E-state index in [2.05, 4.69) is 4.72 Å². The van der Waals surface area contributed by atoms with Gasteiger partial charge in [0.25, 0.3) is 10.0 Å². The van der Waals surface area contributed by atoms with Crippen LogP contribution in [0.15, 0.2) is 45.7 Å². The Hall–Kier alpha value is -2.27. The van der Waals surface area contributed by atoms with Gasteiger partial charge in [-0.1, -0.05) is 12.1 Å². The quantitative estimate of drug-likeness (QED) is 0.739. The summed E-state index contributed by atoms with van der Waals surface area (Å²) >= 11 is 0. The van der Waals surface area contributed by atoms with Gasteiger partial charge in [-0.25, -0.2) is 8.42 Å². The number of fused-ring (bicyclic) bond motifs is 3. The van der Waals surface area contributed by atoms with Gasteiger partial charge in [0.2, 0.25) is 0 Å². The van der Waals surface area contributed by atoms with E-state index in [1.165, 1.54) is 5.56 Å². The van der Waals surface area contributed by atoms with Crippen molar-refractivity contribution >= 4 is 26.7 Å². The standard InChI is InChI=1S/C20H21NO3S/c1-13-7-8-14(2)20(11-13)25(22,23)21-15-9-10-19-17(12-15)16-5-3-4-6-18(16)24-19/h7-12,21H,3-6H2,1-2H3. The van der Waals surface area contributed by atoms with E-state index in [1.54, 1.807) is 12.1 Å². The first-order valence-corrected chi connectivity index (χ1v) is 10.1. The molecule has 0 spiro atoms. The van der Waals surface area contributed by atoms with Crippen molar-refractivity contribution in [2.75, 3.05) is 4.72 Å². The molecule has 3 aromatic rings. The lowest BCUT2D eigenvalue weighted by Crippen LogP contribution is -2.14. The van der Waals surface area contributed by atoms with Gasteiger partial charge in [0.05, 0.1) is 4.90 Å². The third-order valence-corrected chi connectivity index (χ3v) is 6.36. The van der Waals surface area contributed by atoms with Crippen molar-refractivity contribution in [2.24, 2.45) is 0 Å². The van der Waals surface area contributed by atoms with Crippen LogP contribution < -0.4 is 4.72 Å². The summed E-state index contributed by atoms with van der Waals surface area (Å²) in [4.78, 5) is 0.321. The average molecular weight is 355 g/mol. The minimum Gasteiger partial charge on any atom is -0.461 e. The van der Waals surface area contributed by atoms with Crippen LogP contribution >= 0.6 is 0 Å². The van der Waals surface area contributed by atoms with E-state index < -0.39 is 10.0 Å². The second-order valence-corrected chi connectivity index (χ2v) is 8.45. The Morgan fingerprint density at radius 3 is 2.64 bits per heavy atom. The summed E-state index contributed by atoms with van der Waals surface area (Å²) in [5.41, 5.74) is 4.29. The molecule has 0 atom stereocenters. The highest BCUT2D eigenvalue weighted by Gasteiger charge is 2.20. The molecular formula is C20H21NO3S. The molecular weight excluding hydrogens is 334 g/mol. The fourth-order valence-electron chi connectivity index (χ4n) is 3.53. The Balaban J connectivity index is 1.74. The van der Waals surface area contributed by atoms with Crippen LogP contribution in [0.2, 0.25) is 0 Å². The molecule has 0 saturated heterocycles. The van der Waals surface area contributed by atoms with Crippen molar-refractivity contribution < 1.29 is 12.8 Å². The Kier molecular flexibility index (Phi) is 3.84. The van der Waals surface area contributed by atoms with Crippen LogP contribution in [-0.2, 0) is 22.9 Å². The van der Waals surface area contributed by atoms with E-state index in [9.17, 15) is 8.42 Å². The highest BCUT2D eigenvalue weighted by atomic mass is 32.2. The molecule has 0 saturated carbocycles. The maximum atomic E-state index is 12.8. The number of hydrogen-bond acceptors (Lipinski definition) is 3. The third-order valence-electron chi connectivity index (χ3n) is 4.84. The number of hydrogen-bond donors (Lipinski definition) is 1. The van der Waals surface area contributed by atoms with Crippen LogP contribution in [0.4, 0.5) is 5.69 Å². The first-order chi connectivity index (χ1) is 11.9. The van der Waals surface area contributed by atoms with Gasteiger partial charge in [-0.2, -0.15) is 0 Å². The van der Waals surface area contributed by atoms with Gasteiger partial charge in [-0.3, -0.25) is 4.72 Å². The second kappa shape index (κ2) is 5.92. The largest absolute Gasteiger partial charge is 0.461 e. The molecule has 1 N–H and O–H groups in total. The molecule has 1 heterocycles. The second-order valence-electron chi connectivity index (χ2n) is 6.80. The molecule has 25 heavy (non-hydrogen) atoms. The number of rotatable bonds is 3. The van der Waals surface area contributed by atoms with Gasteiger partial charge >= 0.3 is 0 Å². The molecule has 130 valence electrons. The van der Waals surface area contributed by atoms with E-state index >= 15 is 0 Å².